The number of hydrogen-bond donors (Lipinski definition) is 3. The molecule has 1 saturated carbocycles. The van der Waals surface area contributed by atoms with Crippen LogP contribution in [0.2, 0.25) is 0 Å². The molecule has 0 heterocycles. The molecule has 1 unspecified atom stereocenters. The second-order valence-corrected chi connectivity index (χ2v) is 6.71. The Morgan fingerprint density at radius 1 is 0.963 bits per heavy atom. The van der Waals surface area contributed by atoms with Gasteiger partial charge in [0.2, 0.25) is 0 Å². The van der Waals surface area contributed by atoms with Crippen molar-refractivity contribution in [3.63, 3.8) is 0 Å². The number of nitrogens with one attached hydrogen (secondary N) is 2. The molecule has 0 aliphatic heterocycles. The van der Waals surface area contributed by atoms with Crippen LogP contribution >= 0.6 is 0 Å². The van der Waals surface area contributed by atoms with E-state index in [9.17, 15) is 19.5 Å². The van der Waals surface area contributed by atoms with E-state index >= 15 is 0 Å². The van der Waals surface area contributed by atoms with Crippen LogP contribution in [0.25, 0.3) is 0 Å². The van der Waals surface area contributed by atoms with Gasteiger partial charge in [-0.15, -0.1) is 0 Å². The Kier molecular flexibility index (Phi) is 5.26. The zero-order chi connectivity index (χ0) is 19.4. The summed E-state index contributed by atoms with van der Waals surface area (Å²) in [6, 6.07) is 15.1. The molecule has 0 radical (unpaired) electrons. The van der Waals surface area contributed by atoms with Gasteiger partial charge in [0.25, 0.3) is 11.8 Å². The molecule has 0 spiro atoms. The van der Waals surface area contributed by atoms with Gasteiger partial charge in [-0.25, -0.2) is 4.79 Å². The third-order valence-electron chi connectivity index (χ3n) is 4.81. The summed E-state index contributed by atoms with van der Waals surface area (Å²) in [5.74, 6) is -1.79. The van der Waals surface area contributed by atoms with E-state index in [0.29, 0.717) is 16.7 Å². The highest BCUT2D eigenvalue weighted by molar-refractivity contribution is 6.00. The normalized spacial score (nSPS) is 15.4. The molecule has 1 fully saturated rings. The molecule has 1 aliphatic rings. The van der Waals surface area contributed by atoms with Gasteiger partial charge in [-0.2, -0.15) is 0 Å². The predicted molar refractivity (Wildman–Crippen MR) is 100 cm³/mol. The van der Waals surface area contributed by atoms with Crippen molar-refractivity contribution in [3.8, 4) is 0 Å². The smallest absolute Gasteiger partial charge is 0.334 e. The van der Waals surface area contributed by atoms with Gasteiger partial charge in [0.15, 0.2) is 5.54 Å². The minimum absolute atomic E-state index is 0.165. The lowest BCUT2D eigenvalue weighted by Crippen LogP contribution is -2.51. The lowest BCUT2D eigenvalue weighted by Gasteiger charge is -2.30. The molecule has 27 heavy (non-hydrogen) atoms. The maximum absolute atomic E-state index is 12.7. The van der Waals surface area contributed by atoms with E-state index < -0.39 is 17.4 Å². The first-order chi connectivity index (χ1) is 13.0. The Bertz CT molecular complexity index is 844. The molecule has 1 atom stereocenters. The molecule has 6 heteroatoms. The van der Waals surface area contributed by atoms with E-state index in [1.807, 2.05) is 0 Å². The van der Waals surface area contributed by atoms with Gasteiger partial charge in [0, 0.05) is 17.2 Å². The van der Waals surface area contributed by atoms with Gasteiger partial charge in [0.05, 0.1) is 0 Å². The van der Waals surface area contributed by atoms with E-state index in [-0.39, 0.29) is 18.4 Å². The van der Waals surface area contributed by atoms with Gasteiger partial charge in [-0.3, -0.25) is 9.59 Å². The molecule has 3 N–H and O–H groups in total. The van der Waals surface area contributed by atoms with Crippen molar-refractivity contribution in [3.05, 3.63) is 71.3 Å². The van der Waals surface area contributed by atoms with Crippen LogP contribution < -0.4 is 10.6 Å². The number of amides is 2. The number of benzene rings is 2. The molecule has 3 rings (SSSR count). The third kappa shape index (κ3) is 4.00. The van der Waals surface area contributed by atoms with Crippen molar-refractivity contribution >= 4 is 17.8 Å². The first kappa shape index (κ1) is 18.6. The highest BCUT2D eigenvalue weighted by Gasteiger charge is 2.40. The number of carbonyl (C=O) groups excluding carboxylic acids is 2. The Balaban J connectivity index is 1.79. The molecule has 2 aromatic carbocycles. The highest BCUT2D eigenvalue weighted by Crippen LogP contribution is 2.26. The lowest BCUT2D eigenvalue weighted by molar-refractivity contribution is -0.145. The van der Waals surface area contributed by atoms with Gasteiger partial charge in [0.1, 0.15) is 0 Å². The van der Waals surface area contributed by atoms with E-state index in [1.54, 1.807) is 49.4 Å². The molecule has 0 bridgehead atoms. The summed E-state index contributed by atoms with van der Waals surface area (Å²) in [7, 11) is 0. The molecule has 2 amide bonds. The van der Waals surface area contributed by atoms with Crippen molar-refractivity contribution in [2.45, 2.75) is 37.8 Å². The summed E-state index contributed by atoms with van der Waals surface area (Å²) in [5.41, 5.74) is -0.233. The van der Waals surface area contributed by atoms with Gasteiger partial charge in [-0.1, -0.05) is 37.3 Å². The van der Waals surface area contributed by atoms with Crippen LogP contribution in [0, 0.1) is 0 Å². The quantitative estimate of drug-likeness (QED) is 0.702. The van der Waals surface area contributed by atoms with Crippen LogP contribution in [0.5, 0.6) is 0 Å². The minimum Gasteiger partial charge on any atom is -0.479 e. The Labute approximate surface area is 157 Å². The highest BCUT2D eigenvalue weighted by atomic mass is 16.4. The fourth-order valence-electron chi connectivity index (χ4n) is 2.95. The van der Waals surface area contributed by atoms with E-state index in [1.165, 1.54) is 12.1 Å². The van der Waals surface area contributed by atoms with Crippen molar-refractivity contribution in [2.75, 3.05) is 0 Å². The minimum atomic E-state index is -1.51. The zero-order valence-corrected chi connectivity index (χ0v) is 15.1. The molecule has 140 valence electrons. The second-order valence-electron chi connectivity index (χ2n) is 6.71. The molecule has 1 aliphatic carbocycles. The summed E-state index contributed by atoms with van der Waals surface area (Å²) in [5, 5.41) is 15.4. The summed E-state index contributed by atoms with van der Waals surface area (Å²) < 4.78 is 0. The number of aliphatic carboxylic acids is 1. The van der Waals surface area contributed by atoms with E-state index in [4.69, 9.17) is 0 Å². The predicted octanol–water partition coefficient (Wildman–Crippen LogP) is 2.70. The maximum atomic E-state index is 12.7. The van der Waals surface area contributed by atoms with Gasteiger partial charge >= 0.3 is 5.97 Å². The standard InChI is InChI=1S/C21H22N2O4/c1-2-21(20(26)27,16-6-4-3-5-7-16)23-19(25)15-10-8-14(9-11-15)18(24)22-17-12-13-17/h3-11,17H,2,12-13H2,1H3,(H,22,24)(H,23,25)(H,26,27). The molecule has 6 nitrogen and oxygen atoms in total. The summed E-state index contributed by atoms with van der Waals surface area (Å²) in [6.45, 7) is 1.71. The summed E-state index contributed by atoms with van der Waals surface area (Å²) >= 11 is 0. The number of hydrogen-bond acceptors (Lipinski definition) is 3. The number of carboxylic acid groups (broad SMARTS) is 1. The van der Waals surface area contributed by atoms with Crippen molar-refractivity contribution in [2.24, 2.45) is 0 Å². The Morgan fingerprint density at radius 2 is 1.52 bits per heavy atom. The first-order valence-electron chi connectivity index (χ1n) is 8.98. The average Bonchev–Trinajstić information content (AvgIpc) is 3.50. The van der Waals surface area contributed by atoms with Crippen LogP contribution in [-0.2, 0) is 10.3 Å². The van der Waals surface area contributed by atoms with Crippen LogP contribution in [0.1, 0.15) is 52.5 Å². The second kappa shape index (κ2) is 7.61. The Hall–Kier alpha value is -3.15. The number of carbonyl (C=O) groups is 3. The molecular formula is C21H22N2O4. The van der Waals surface area contributed by atoms with E-state index in [0.717, 1.165) is 12.8 Å². The van der Waals surface area contributed by atoms with Crippen molar-refractivity contribution in [1.82, 2.24) is 10.6 Å². The molecule has 2 aromatic rings. The van der Waals surface area contributed by atoms with Crippen LogP contribution in [0.3, 0.4) is 0 Å². The zero-order valence-electron chi connectivity index (χ0n) is 15.1. The Morgan fingerprint density at radius 3 is 2.00 bits per heavy atom. The molecular weight excluding hydrogens is 344 g/mol. The lowest BCUT2D eigenvalue weighted by atomic mass is 9.87. The fraction of sp³-hybridized carbons (Fsp3) is 0.286. The van der Waals surface area contributed by atoms with Gasteiger partial charge < -0.3 is 15.7 Å². The van der Waals surface area contributed by atoms with Gasteiger partial charge in [-0.05, 0) is 49.1 Å². The average molecular weight is 366 g/mol. The molecule has 0 saturated heterocycles. The monoisotopic (exact) mass is 366 g/mol. The SMILES string of the molecule is CCC(NC(=O)c1ccc(C(=O)NC2CC2)cc1)(C(=O)O)c1ccccc1. The van der Waals surface area contributed by atoms with Crippen LogP contribution in [0.4, 0.5) is 0 Å². The van der Waals surface area contributed by atoms with Crippen LogP contribution in [-0.4, -0.2) is 28.9 Å². The van der Waals surface area contributed by atoms with E-state index in [2.05, 4.69) is 10.6 Å². The third-order valence-corrected chi connectivity index (χ3v) is 4.81. The maximum Gasteiger partial charge on any atom is 0.334 e. The summed E-state index contributed by atoms with van der Waals surface area (Å²) in [4.78, 5) is 36.7. The van der Waals surface area contributed by atoms with Crippen LogP contribution in [0.15, 0.2) is 54.6 Å². The number of rotatable bonds is 7. The van der Waals surface area contributed by atoms with Crippen molar-refractivity contribution < 1.29 is 19.5 Å². The molecule has 0 aromatic heterocycles. The first-order valence-corrected chi connectivity index (χ1v) is 8.98. The van der Waals surface area contributed by atoms with Crippen molar-refractivity contribution in [1.29, 1.82) is 0 Å². The largest absolute Gasteiger partial charge is 0.479 e. The summed E-state index contributed by atoms with van der Waals surface area (Å²) in [6.07, 6.45) is 2.19. The number of carboxylic acids is 1. The topological polar surface area (TPSA) is 95.5 Å². The fourth-order valence-corrected chi connectivity index (χ4v) is 2.95.